The van der Waals surface area contributed by atoms with Crippen molar-refractivity contribution in [2.75, 3.05) is 18.1 Å². The van der Waals surface area contributed by atoms with Crippen molar-refractivity contribution in [2.45, 2.75) is 27.2 Å². The van der Waals surface area contributed by atoms with Gasteiger partial charge in [-0.25, -0.2) is 9.69 Å². The van der Waals surface area contributed by atoms with Crippen LogP contribution in [0.2, 0.25) is 0 Å². The molecule has 4 rings (SSSR count). The second-order valence-electron chi connectivity index (χ2n) is 8.68. The highest BCUT2D eigenvalue weighted by Gasteiger charge is 2.37. The minimum atomic E-state index is -0.789. The molecule has 1 saturated heterocycles. The summed E-state index contributed by atoms with van der Waals surface area (Å²) >= 11 is 3.43. The number of urea groups is 1. The molecule has 190 valence electrons. The molecule has 3 aromatic rings. The third-order valence-electron chi connectivity index (χ3n) is 5.76. The number of amides is 4. The number of halogens is 1. The predicted molar refractivity (Wildman–Crippen MR) is 146 cm³/mol. The zero-order valence-corrected chi connectivity index (χ0v) is 22.4. The lowest BCUT2D eigenvalue weighted by Gasteiger charge is -2.26. The molecular formula is C29H27BrN2O5. The van der Waals surface area contributed by atoms with Crippen molar-refractivity contribution in [3.05, 3.63) is 93.0 Å². The fraction of sp³-hybridized carbons (Fsp3) is 0.207. The molecule has 0 radical (unpaired) electrons. The second kappa shape index (κ2) is 11.4. The predicted octanol–water partition coefficient (Wildman–Crippen LogP) is 5.75. The number of benzene rings is 3. The molecule has 1 fully saturated rings. The maximum absolute atomic E-state index is 13.3. The number of hydrogen-bond acceptors (Lipinski definition) is 5. The lowest BCUT2D eigenvalue weighted by Crippen LogP contribution is -2.54. The molecule has 0 spiro atoms. The summed E-state index contributed by atoms with van der Waals surface area (Å²) in [6, 6.07) is 17.6. The number of nitrogens with one attached hydrogen (secondary N) is 1. The molecule has 4 amide bonds. The van der Waals surface area contributed by atoms with Gasteiger partial charge in [0.2, 0.25) is 0 Å². The summed E-state index contributed by atoms with van der Waals surface area (Å²) in [4.78, 5) is 39.4. The summed E-state index contributed by atoms with van der Waals surface area (Å²) in [6.45, 7) is 6.54. The van der Waals surface area contributed by atoms with Crippen LogP contribution in [0.25, 0.3) is 6.08 Å². The van der Waals surface area contributed by atoms with Crippen LogP contribution in [0.4, 0.5) is 10.5 Å². The third kappa shape index (κ3) is 6.27. The van der Waals surface area contributed by atoms with E-state index in [-0.39, 0.29) is 12.2 Å². The molecule has 0 unspecified atom stereocenters. The maximum atomic E-state index is 13.3. The van der Waals surface area contributed by atoms with Crippen molar-refractivity contribution in [3.63, 3.8) is 0 Å². The first-order chi connectivity index (χ1) is 17.7. The molecule has 37 heavy (non-hydrogen) atoms. The van der Waals surface area contributed by atoms with Gasteiger partial charge < -0.3 is 9.47 Å². The number of hydrogen-bond donors (Lipinski definition) is 1. The highest BCUT2D eigenvalue weighted by atomic mass is 79.9. The first-order valence-electron chi connectivity index (χ1n) is 11.9. The lowest BCUT2D eigenvalue weighted by atomic mass is 10.1. The van der Waals surface area contributed by atoms with E-state index in [4.69, 9.17) is 9.47 Å². The number of aryl methyl sites for hydroxylation is 3. The molecule has 8 heteroatoms. The van der Waals surface area contributed by atoms with Crippen LogP contribution in [0.5, 0.6) is 11.5 Å². The van der Waals surface area contributed by atoms with E-state index >= 15 is 0 Å². The number of ether oxygens (including phenoxy) is 2. The highest BCUT2D eigenvalue weighted by Crippen LogP contribution is 2.28. The van der Waals surface area contributed by atoms with Crippen LogP contribution in [0.15, 0.2) is 70.7 Å². The fourth-order valence-electron chi connectivity index (χ4n) is 4.00. The van der Waals surface area contributed by atoms with Crippen LogP contribution < -0.4 is 19.7 Å². The maximum Gasteiger partial charge on any atom is 0.335 e. The first-order valence-corrected chi connectivity index (χ1v) is 12.7. The Bertz CT molecular complexity index is 1400. The van der Waals surface area contributed by atoms with E-state index in [1.165, 1.54) is 11.6 Å². The quantitative estimate of drug-likeness (QED) is 0.214. The van der Waals surface area contributed by atoms with E-state index in [0.717, 1.165) is 32.7 Å². The largest absolute Gasteiger partial charge is 0.490 e. The van der Waals surface area contributed by atoms with Gasteiger partial charge in [0.05, 0.1) is 5.69 Å². The summed E-state index contributed by atoms with van der Waals surface area (Å²) in [5.41, 5.74) is 3.92. The van der Waals surface area contributed by atoms with Gasteiger partial charge in [0.15, 0.2) is 0 Å². The zero-order valence-electron chi connectivity index (χ0n) is 20.8. The van der Waals surface area contributed by atoms with Crippen molar-refractivity contribution in [2.24, 2.45) is 0 Å². The van der Waals surface area contributed by atoms with Crippen LogP contribution in [0, 0.1) is 13.8 Å². The Labute approximate surface area is 224 Å². The number of imide groups is 2. The van der Waals surface area contributed by atoms with Gasteiger partial charge in [-0.1, -0.05) is 41.1 Å². The van der Waals surface area contributed by atoms with E-state index in [9.17, 15) is 14.4 Å². The molecule has 1 aliphatic rings. The third-order valence-corrected chi connectivity index (χ3v) is 6.25. The normalized spacial score (nSPS) is 14.6. The van der Waals surface area contributed by atoms with E-state index in [1.54, 1.807) is 36.4 Å². The molecule has 0 atom stereocenters. The smallest absolute Gasteiger partial charge is 0.335 e. The Morgan fingerprint density at radius 3 is 2.46 bits per heavy atom. The monoisotopic (exact) mass is 562 g/mol. The number of carbonyl (C=O) groups excluding carboxylic acids is 3. The Morgan fingerprint density at radius 2 is 1.70 bits per heavy atom. The van der Waals surface area contributed by atoms with Gasteiger partial charge in [0, 0.05) is 10.0 Å². The Hall–Kier alpha value is -3.91. The molecule has 0 aliphatic carbocycles. The van der Waals surface area contributed by atoms with Crippen LogP contribution in [-0.4, -0.2) is 31.1 Å². The van der Waals surface area contributed by atoms with E-state index in [1.807, 2.05) is 32.0 Å². The van der Waals surface area contributed by atoms with Crippen LogP contribution in [0.1, 0.15) is 29.2 Å². The second-order valence-corrected chi connectivity index (χ2v) is 9.60. The average Bonchev–Trinajstić information content (AvgIpc) is 2.85. The molecule has 1 N–H and O–H groups in total. The van der Waals surface area contributed by atoms with Crippen LogP contribution in [-0.2, 0) is 16.0 Å². The summed E-state index contributed by atoms with van der Waals surface area (Å²) in [7, 11) is 0. The van der Waals surface area contributed by atoms with Gasteiger partial charge in [-0.05, 0) is 85.5 Å². The molecule has 1 heterocycles. The number of barbiturate groups is 1. The summed E-state index contributed by atoms with van der Waals surface area (Å²) < 4.78 is 12.6. The van der Waals surface area contributed by atoms with Crippen molar-refractivity contribution in [3.8, 4) is 11.5 Å². The van der Waals surface area contributed by atoms with E-state index in [2.05, 4.69) is 34.2 Å². The molecule has 7 nitrogen and oxygen atoms in total. The van der Waals surface area contributed by atoms with Gasteiger partial charge in [-0.2, -0.15) is 0 Å². The van der Waals surface area contributed by atoms with Crippen molar-refractivity contribution in [1.29, 1.82) is 0 Å². The zero-order chi connectivity index (χ0) is 26.5. The number of anilines is 1. The Balaban J connectivity index is 1.53. The van der Waals surface area contributed by atoms with Crippen LogP contribution >= 0.6 is 15.9 Å². The molecule has 0 aromatic heterocycles. The van der Waals surface area contributed by atoms with Crippen molar-refractivity contribution < 1.29 is 23.9 Å². The number of rotatable bonds is 8. The van der Waals surface area contributed by atoms with Crippen LogP contribution in [0.3, 0.4) is 0 Å². The summed E-state index contributed by atoms with van der Waals surface area (Å²) in [5.74, 6) is -0.222. The van der Waals surface area contributed by atoms with Crippen molar-refractivity contribution >= 4 is 45.5 Å². The van der Waals surface area contributed by atoms with E-state index in [0.29, 0.717) is 23.6 Å². The minimum absolute atomic E-state index is 0.174. The van der Waals surface area contributed by atoms with Gasteiger partial charge in [0.25, 0.3) is 11.8 Å². The summed E-state index contributed by atoms with van der Waals surface area (Å²) in [6.07, 6.45) is 2.35. The minimum Gasteiger partial charge on any atom is -0.490 e. The fourth-order valence-corrected chi connectivity index (χ4v) is 4.38. The molecule has 0 bridgehead atoms. The summed E-state index contributed by atoms with van der Waals surface area (Å²) in [5, 5.41) is 2.25. The molecular weight excluding hydrogens is 536 g/mol. The van der Waals surface area contributed by atoms with Gasteiger partial charge >= 0.3 is 6.03 Å². The topological polar surface area (TPSA) is 84.9 Å². The van der Waals surface area contributed by atoms with Gasteiger partial charge in [0.1, 0.15) is 30.3 Å². The number of nitrogens with zero attached hydrogens (tertiary/aromatic N) is 1. The Morgan fingerprint density at radius 1 is 0.919 bits per heavy atom. The van der Waals surface area contributed by atoms with Gasteiger partial charge in [-0.3, -0.25) is 14.9 Å². The lowest BCUT2D eigenvalue weighted by molar-refractivity contribution is -0.122. The Kier molecular flexibility index (Phi) is 8.08. The van der Waals surface area contributed by atoms with E-state index < -0.39 is 17.8 Å². The standard InChI is InChI=1S/C29H27BrN2O5/c1-4-20-12-19(3)14-24(15-20)36-10-11-37-26-9-8-22(30)16-21(26)17-25-27(33)31-29(35)32(28(25)34)23-7-5-6-18(2)13-23/h5-9,12-17H,4,10-11H2,1-3H3,(H,31,33,35). The van der Waals surface area contributed by atoms with Gasteiger partial charge in [-0.15, -0.1) is 0 Å². The number of carbonyl (C=O) groups is 3. The molecule has 3 aromatic carbocycles. The first kappa shape index (κ1) is 26.2. The molecule has 0 saturated carbocycles. The SMILES string of the molecule is CCc1cc(C)cc(OCCOc2ccc(Br)cc2C=C2C(=O)NC(=O)N(c3cccc(C)c3)C2=O)c1. The van der Waals surface area contributed by atoms with Crippen molar-refractivity contribution in [1.82, 2.24) is 5.32 Å². The highest BCUT2D eigenvalue weighted by molar-refractivity contribution is 9.10. The molecule has 1 aliphatic heterocycles. The average molecular weight is 563 g/mol.